The van der Waals surface area contributed by atoms with Crippen molar-refractivity contribution in [3.8, 4) is 0 Å². The van der Waals surface area contributed by atoms with Crippen molar-refractivity contribution in [2.45, 2.75) is 52.2 Å². The predicted octanol–water partition coefficient (Wildman–Crippen LogP) is 1.71. The Balaban J connectivity index is 1.95. The number of hydrogen-bond donors (Lipinski definition) is 1. The van der Waals surface area contributed by atoms with Gasteiger partial charge in [0.2, 0.25) is 0 Å². The molecule has 1 fully saturated rings. The van der Waals surface area contributed by atoms with Gasteiger partial charge in [-0.3, -0.25) is 14.5 Å². The second-order valence-electron chi connectivity index (χ2n) is 6.12. The Bertz CT molecular complexity index is 409. The van der Waals surface area contributed by atoms with E-state index in [1.807, 2.05) is 10.9 Å². The van der Waals surface area contributed by atoms with Crippen molar-refractivity contribution in [3.05, 3.63) is 18.0 Å². The number of nitrogens with zero attached hydrogens (tertiary/aromatic N) is 4. The van der Waals surface area contributed by atoms with Gasteiger partial charge in [0.05, 0.1) is 12.2 Å². The van der Waals surface area contributed by atoms with Gasteiger partial charge in [-0.25, -0.2) is 0 Å². The summed E-state index contributed by atoms with van der Waals surface area (Å²) in [4.78, 5) is 5.11. The summed E-state index contributed by atoms with van der Waals surface area (Å²) in [5.74, 6) is 0. The zero-order valence-corrected chi connectivity index (χ0v) is 13.8. The first-order chi connectivity index (χ1) is 10.2. The van der Waals surface area contributed by atoms with Gasteiger partial charge in [-0.05, 0) is 19.8 Å². The summed E-state index contributed by atoms with van der Waals surface area (Å²) in [5.41, 5.74) is 7.31. The van der Waals surface area contributed by atoms with Crippen LogP contribution >= 0.6 is 0 Å². The highest BCUT2D eigenvalue weighted by Gasteiger charge is 2.26. The minimum Gasteiger partial charge on any atom is -0.329 e. The molecule has 0 aromatic carbocycles. The molecule has 2 unspecified atom stereocenters. The van der Waals surface area contributed by atoms with E-state index in [1.54, 1.807) is 0 Å². The quantitative estimate of drug-likeness (QED) is 0.831. The Kier molecular flexibility index (Phi) is 6.21. The molecule has 1 aliphatic heterocycles. The first-order valence-electron chi connectivity index (χ1n) is 8.40. The summed E-state index contributed by atoms with van der Waals surface area (Å²) in [6.45, 7) is 12.9. The molecular formula is C16H31N5. The van der Waals surface area contributed by atoms with Crippen molar-refractivity contribution < 1.29 is 0 Å². The summed E-state index contributed by atoms with van der Waals surface area (Å²) >= 11 is 0. The zero-order valence-electron chi connectivity index (χ0n) is 13.8. The van der Waals surface area contributed by atoms with Crippen LogP contribution in [0.2, 0.25) is 0 Å². The van der Waals surface area contributed by atoms with Crippen LogP contribution in [0, 0.1) is 0 Å². The van der Waals surface area contributed by atoms with Gasteiger partial charge in [-0.1, -0.05) is 13.8 Å². The molecule has 2 N–H and O–H groups in total. The van der Waals surface area contributed by atoms with E-state index in [0.717, 1.165) is 39.1 Å². The SMILES string of the molecule is CCCn1cc(C(CN)N2CCN(C(C)CC)CC2)cn1. The van der Waals surface area contributed by atoms with E-state index >= 15 is 0 Å². The van der Waals surface area contributed by atoms with Crippen LogP contribution in [0.4, 0.5) is 0 Å². The fourth-order valence-electron chi connectivity index (χ4n) is 3.15. The van der Waals surface area contributed by atoms with E-state index in [2.05, 4.69) is 41.9 Å². The standard InChI is InChI=1S/C16H31N5/c1-4-6-21-13-15(12-18-21)16(11-17)20-9-7-19(8-10-20)14(3)5-2/h12-14,16H,4-11,17H2,1-3H3. The minimum atomic E-state index is 0.315. The second kappa shape index (κ2) is 7.92. The van der Waals surface area contributed by atoms with Gasteiger partial charge >= 0.3 is 0 Å². The highest BCUT2D eigenvalue weighted by atomic mass is 15.3. The molecule has 2 heterocycles. The summed E-state index contributed by atoms with van der Waals surface area (Å²) in [5, 5.41) is 4.45. The lowest BCUT2D eigenvalue weighted by Crippen LogP contribution is -2.51. The summed E-state index contributed by atoms with van der Waals surface area (Å²) in [7, 11) is 0. The van der Waals surface area contributed by atoms with Gasteiger partial charge in [-0.2, -0.15) is 5.10 Å². The molecule has 1 aliphatic rings. The van der Waals surface area contributed by atoms with E-state index < -0.39 is 0 Å². The number of aromatic nitrogens is 2. The smallest absolute Gasteiger partial charge is 0.0538 e. The largest absolute Gasteiger partial charge is 0.329 e. The minimum absolute atomic E-state index is 0.315. The van der Waals surface area contributed by atoms with Gasteiger partial charge in [-0.15, -0.1) is 0 Å². The topological polar surface area (TPSA) is 50.3 Å². The molecule has 2 atom stereocenters. The Labute approximate surface area is 129 Å². The van der Waals surface area contributed by atoms with Crippen molar-refractivity contribution in [2.75, 3.05) is 32.7 Å². The molecular weight excluding hydrogens is 262 g/mol. The molecule has 1 aromatic heterocycles. The van der Waals surface area contributed by atoms with Crippen molar-refractivity contribution in [1.29, 1.82) is 0 Å². The monoisotopic (exact) mass is 293 g/mol. The molecule has 21 heavy (non-hydrogen) atoms. The fourth-order valence-corrected chi connectivity index (χ4v) is 3.15. The lowest BCUT2D eigenvalue weighted by atomic mass is 10.1. The summed E-state index contributed by atoms with van der Waals surface area (Å²) < 4.78 is 2.04. The Morgan fingerprint density at radius 1 is 1.19 bits per heavy atom. The number of aryl methyl sites for hydroxylation is 1. The maximum Gasteiger partial charge on any atom is 0.0538 e. The summed E-state index contributed by atoms with van der Waals surface area (Å²) in [6.07, 6.45) is 6.50. The van der Waals surface area contributed by atoms with Crippen LogP contribution in [0.3, 0.4) is 0 Å². The van der Waals surface area contributed by atoms with Crippen molar-refractivity contribution in [3.63, 3.8) is 0 Å². The third-order valence-electron chi connectivity index (χ3n) is 4.72. The zero-order chi connectivity index (χ0) is 15.2. The van der Waals surface area contributed by atoms with Crippen LogP contribution in [0.5, 0.6) is 0 Å². The predicted molar refractivity (Wildman–Crippen MR) is 87.2 cm³/mol. The Hall–Kier alpha value is -0.910. The molecule has 0 spiro atoms. The maximum atomic E-state index is 6.05. The molecule has 1 aromatic rings. The van der Waals surface area contributed by atoms with Crippen LogP contribution < -0.4 is 5.73 Å². The van der Waals surface area contributed by atoms with Crippen molar-refractivity contribution in [1.82, 2.24) is 19.6 Å². The van der Waals surface area contributed by atoms with Crippen LogP contribution in [0.15, 0.2) is 12.4 Å². The van der Waals surface area contributed by atoms with Crippen molar-refractivity contribution in [2.24, 2.45) is 5.73 Å². The normalized spacial score (nSPS) is 20.6. The summed E-state index contributed by atoms with van der Waals surface area (Å²) in [6, 6.07) is 1.01. The molecule has 0 bridgehead atoms. The van der Waals surface area contributed by atoms with E-state index in [9.17, 15) is 0 Å². The van der Waals surface area contributed by atoms with Gasteiger partial charge in [0.15, 0.2) is 0 Å². The fraction of sp³-hybridized carbons (Fsp3) is 0.812. The lowest BCUT2D eigenvalue weighted by Gasteiger charge is -2.40. The Morgan fingerprint density at radius 2 is 1.86 bits per heavy atom. The molecule has 0 saturated carbocycles. The van der Waals surface area contributed by atoms with Gasteiger partial charge in [0, 0.05) is 57.1 Å². The third-order valence-corrected chi connectivity index (χ3v) is 4.72. The third kappa shape index (κ3) is 4.05. The van der Waals surface area contributed by atoms with Gasteiger partial charge < -0.3 is 5.73 Å². The average Bonchev–Trinajstić information content (AvgIpc) is 2.97. The molecule has 0 amide bonds. The van der Waals surface area contributed by atoms with Crippen LogP contribution in [-0.4, -0.2) is 58.3 Å². The van der Waals surface area contributed by atoms with E-state index in [1.165, 1.54) is 12.0 Å². The van der Waals surface area contributed by atoms with E-state index in [0.29, 0.717) is 18.6 Å². The molecule has 120 valence electrons. The average molecular weight is 293 g/mol. The molecule has 2 rings (SSSR count). The maximum absolute atomic E-state index is 6.05. The second-order valence-corrected chi connectivity index (χ2v) is 6.12. The van der Waals surface area contributed by atoms with Crippen LogP contribution in [0.25, 0.3) is 0 Å². The van der Waals surface area contributed by atoms with Crippen LogP contribution in [-0.2, 0) is 6.54 Å². The number of rotatable bonds is 7. The highest BCUT2D eigenvalue weighted by molar-refractivity contribution is 5.11. The highest BCUT2D eigenvalue weighted by Crippen LogP contribution is 2.21. The molecule has 0 radical (unpaired) electrons. The van der Waals surface area contributed by atoms with Crippen molar-refractivity contribution >= 4 is 0 Å². The molecule has 1 saturated heterocycles. The Morgan fingerprint density at radius 3 is 2.43 bits per heavy atom. The van der Waals surface area contributed by atoms with Crippen LogP contribution in [0.1, 0.15) is 45.2 Å². The number of nitrogens with two attached hydrogens (primary N) is 1. The van der Waals surface area contributed by atoms with Gasteiger partial charge in [0.25, 0.3) is 0 Å². The molecule has 0 aliphatic carbocycles. The lowest BCUT2D eigenvalue weighted by molar-refractivity contribution is 0.0743. The number of hydrogen-bond acceptors (Lipinski definition) is 4. The van der Waals surface area contributed by atoms with E-state index in [-0.39, 0.29) is 0 Å². The number of piperazine rings is 1. The first-order valence-corrected chi connectivity index (χ1v) is 8.40. The van der Waals surface area contributed by atoms with Gasteiger partial charge in [0.1, 0.15) is 0 Å². The van der Waals surface area contributed by atoms with E-state index in [4.69, 9.17) is 5.73 Å². The molecule has 5 nitrogen and oxygen atoms in total. The molecule has 5 heteroatoms. The first kappa shape index (κ1) is 16.5.